The van der Waals surface area contributed by atoms with Gasteiger partial charge in [0.2, 0.25) is 0 Å². The molecule has 0 amide bonds. The molecule has 1 aliphatic heterocycles. The molecule has 1 fully saturated rings. The molecule has 0 atom stereocenters. The van der Waals surface area contributed by atoms with Crippen LogP contribution in [0.15, 0.2) is 29.3 Å². The smallest absolute Gasteiger partial charge is 0.193 e. The van der Waals surface area contributed by atoms with Crippen LogP contribution < -0.4 is 10.1 Å². The Morgan fingerprint density at radius 1 is 1.36 bits per heavy atom. The maximum atomic E-state index is 5.26. The molecular weight excluding hydrogens is 389 g/mol. The van der Waals surface area contributed by atoms with Gasteiger partial charge in [-0.25, -0.2) is 0 Å². The highest BCUT2D eigenvalue weighted by atomic mass is 127. The Balaban J connectivity index is 0.00000242. The SMILES string of the molecule is CN=C(NCCc1cccc(OC)c1)N1CCC(C)CC1.I. The van der Waals surface area contributed by atoms with E-state index in [9.17, 15) is 0 Å². The lowest BCUT2D eigenvalue weighted by Gasteiger charge is -2.32. The number of piperidine rings is 1. The molecule has 1 heterocycles. The summed E-state index contributed by atoms with van der Waals surface area (Å²) in [5.41, 5.74) is 1.28. The zero-order chi connectivity index (χ0) is 15.1. The Kier molecular flexibility index (Phi) is 8.60. The van der Waals surface area contributed by atoms with Crippen molar-refractivity contribution < 1.29 is 4.74 Å². The molecule has 0 aromatic heterocycles. The van der Waals surface area contributed by atoms with E-state index in [1.807, 2.05) is 19.2 Å². The summed E-state index contributed by atoms with van der Waals surface area (Å²) in [7, 11) is 3.57. The number of hydrogen-bond donors (Lipinski definition) is 1. The van der Waals surface area contributed by atoms with Gasteiger partial charge in [0.05, 0.1) is 7.11 Å². The van der Waals surface area contributed by atoms with Gasteiger partial charge >= 0.3 is 0 Å². The average Bonchev–Trinajstić information content (AvgIpc) is 2.53. The van der Waals surface area contributed by atoms with E-state index in [1.54, 1.807) is 7.11 Å². The third kappa shape index (κ3) is 5.66. The lowest BCUT2D eigenvalue weighted by molar-refractivity contribution is 0.273. The van der Waals surface area contributed by atoms with Crippen LogP contribution in [0, 0.1) is 5.92 Å². The molecule has 1 aromatic rings. The molecule has 2 rings (SSSR count). The topological polar surface area (TPSA) is 36.9 Å². The summed E-state index contributed by atoms with van der Waals surface area (Å²) in [6, 6.07) is 8.24. The monoisotopic (exact) mass is 417 g/mol. The maximum Gasteiger partial charge on any atom is 0.193 e. The van der Waals surface area contributed by atoms with Crippen LogP contribution in [0.1, 0.15) is 25.3 Å². The van der Waals surface area contributed by atoms with Gasteiger partial charge in [-0.2, -0.15) is 0 Å². The van der Waals surface area contributed by atoms with E-state index in [0.29, 0.717) is 0 Å². The molecule has 22 heavy (non-hydrogen) atoms. The zero-order valence-electron chi connectivity index (χ0n) is 13.8. The summed E-state index contributed by atoms with van der Waals surface area (Å²) in [5.74, 6) is 2.79. The van der Waals surface area contributed by atoms with Gasteiger partial charge in [0.1, 0.15) is 5.75 Å². The van der Waals surface area contributed by atoms with Crippen LogP contribution in [0.25, 0.3) is 0 Å². The highest BCUT2D eigenvalue weighted by molar-refractivity contribution is 14.0. The highest BCUT2D eigenvalue weighted by Crippen LogP contribution is 2.16. The van der Waals surface area contributed by atoms with Crippen molar-refractivity contribution in [3.8, 4) is 5.75 Å². The minimum atomic E-state index is 0. The van der Waals surface area contributed by atoms with Crippen LogP contribution in [0.4, 0.5) is 0 Å². The summed E-state index contributed by atoms with van der Waals surface area (Å²) >= 11 is 0. The number of nitrogens with one attached hydrogen (secondary N) is 1. The number of rotatable bonds is 4. The van der Waals surface area contributed by atoms with E-state index >= 15 is 0 Å². The molecule has 1 saturated heterocycles. The lowest BCUT2D eigenvalue weighted by atomic mass is 10.00. The molecular formula is C17H28IN3O. The Morgan fingerprint density at radius 3 is 2.73 bits per heavy atom. The number of likely N-dealkylation sites (tertiary alicyclic amines) is 1. The first-order chi connectivity index (χ1) is 10.2. The Hall–Kier alpha value is -0.980. The van der Waals surface area contributed by atoms with E-state index in [0.717, 1.165) is 43.7 Å². The molecule has 1 aliphatic rings. The molecule has 0 bridgehead atoms. The van der Waals surface area contributed by atoms with E-state index in [1.165, 1.54) is 18.4 Å². The van der Waals surface area contributed by atoms with Gasteiger partial charge in [-0.05, 0) is 42.9 Å². The molecule has 0 unspecified atom stereocenters. The van der Waals surface area contributed by atoms with Gasteiger partial charge in [-0.15, -0.1) is 24.0 Å². The van der Waals surface area contributed by atoms with Crippen molar-refractivity contribution in [3.63, 3.8) is 0 Å². The first-order valence-electron chi connectivity index (χ1n) is 7.81. The average molecular weight is 417 g/mol. The van der Waals surface area contributed by atoms with Gasteiger partial charge < -0.3 is 15.0 Å². The molecule has 0 radical (unpaired) electrons. The Morgan fingerprint density at radius 2 is 2.09 bits per heavy atom. The van der Waals surface area contributed by atoms with Crippen LogP contribution in [0.5, 0.6) is 5.75 Å². The molecule has 4 nitrogen and oxygen atoms in total. The molecule has 0 spiro atoms. The first-order valence-corrected chi connectivity index (χ1v) is 7.81. The second kappa shape index (κ2) is 9.92. The fourth-order valence-corrected chi connectivity index (χ4v) is 2.70. The van der Waals surface area contributed by atoms with Gasteiger partial charge in [0.15, 0.2) is 5.96 Å². The standard InChI is InChI=1S/C17H27N3O.HI/c1-14-8-11-20(12-9-14)17(18-2)19-10-7-15-5-4-6-16(13-15)21-3;/h4-6,13-14H,7-12H2,1-3H3,(H,18,19);1H. The van der Waals surface area contributed by atoms with Crippen LogP contribution in [0.3, 0.4) is 0 Å². The van der Waals surface area contributed by atoms with Crippen molar-refractivity contribution in [2.75, 3.05) is 33.8 Å². The van der Waals surface area contributed by atoms with E-state index < -0.39 is 0 Å². The van der Waals surface area contributed by atoms with E-state index in [-0.39, 0.29) is 24.0 Å². The number of nitrogens with zero attached hydrogens (tertiary/aromatic N) is 2. The summed E-state index contributed by atoms with van der Waals surface area (Å²) in [6.07, 6.45) is 3.49. The van der Waals surface area contributed by atoms with Crippen molar-refractivity contribution in [1.29, 1.82) is 0 Å². The largest absolute Gasteiger partial charge is 0.497 e. The number of hydrogen-bond acceptors (Lipinski definition) is 2. The predicted molar refractivity (Wildman–Crippen MR) is 103 cm³/mol. The van der Waals surface area contributed by atoms with E-state index in [4.69, 9.17) is 4.74 Å². The Labute approximate surface area is 151 Å². The fourth-order valence-electron chi connectivity index (χ4n) is 2.70. The van der Waals surface area contributed by atoms with Gasteiger partial charge in [-0.1, -0.05) is 19.1 Å². The van der Waals surface area contributed by atoms with Crippen LogP contribution >= 0.6 is 24.0 Å². The normalized spacial score (nSPS) is 16.1. The summed E-state index contributed by atoms with van der Waals surface area (Å²) < 4.78 is 5.26. The van der Waals surface area contributed by atoms with E-state index in [2.05, 4.69) is 34.3 Å². The third-order valence-corrected chi connectivity index (χ3v) is 4.13. The van der Waals surface area contributed by atoms with Crippen molar-refractivity contribution in [1.82, 2.24) is 10.2 Å². The maximum absolute atomic E-state index is 5.26. The summed E-state index contributed by atoms with van der Waals surface area (Å²) in [5, 5.41) is 3.48. The van der Waals surface area contributed by atoms with Gasteiger partial charge in [0, 0.05) is 26.7 Å². The molecule has 0 aliphatic carbocycles. The van der Waals surface area contributed by atoms with Crippen LogP contribution in [-0.4, -0.2) is 44.7 Å². The second-order valence-corrected chi connectivity index (χ2v) is 5.75. The lowest BCUT2D eigenvalue weighted by Crippen LogP contribution is -2.45. The second-order valence-electron chi connectivity index (χ2n) is 5.75. The number of methoxy groups -OCH3 is 1. The summed E-state index contributed by atoms with van der Waals surface area (Å²) in [6.45, 7) is 5.45. The van der Waals surface area contributed by atoms with Crippen molar-refractivity contribution in [3.05, 3.63) is 29.8 Å². The third-order valence-electron chi connectivity index (χ3n) is 4.13. The molecule has 5 heteroatoms. The van der Waals surface area contributed by atoms with Crippen molar-refractivity contribution in [2.24, 2.45) is 10.9 Å². The summed E-state index contributed by atoms with van der Waals surface area (Å²) in [4.78, 5) is 6.78. The zero-order valence-corrected chi connectivity index (χ0v) is 16.2. The quantitative estimate of drug-likeness (QED) is 0.465. The van der Waals surface area contributed by atoms with Gasteiger partial charge in [0.25, 0.3) is 0 Å². The fraction of sp³-hybridized carbons (Fsp3) is 0.588. The number of halogens is 1. The van der Waals surface area contributed by atoms with Crippen molar-refractivity contribution in [2.45, 2.75) is 26.2 Å². The molecule has 0 saturated carbocycles. The number of aliphatic imine (C=N–C) groups is 1. The van der Waals surface area contributed by atoms with Crippen molar-refractivity contribution >= 4 is 29.9 Å². The van der Waals surface area contributed by atoms with Crippen LogP contribution in [0.2, 0.25) is 0 Å². The number of ether oxygens (including phenoxy) is 1. The molecule has 1 N–H and O–H groups in total. The minimum absolute atomic E-state index is 0. The predicted octanol–water partition coefficient (Wildman–Crippen LogP) is 3.16. The minimum Gasteiger partial charge on any atom is -0.497 e. The molecule has 1 aromatic carbocycles. The molecule has 124 valence electrons. The number of guanidine groups is 1. The number of benzene rings is 1. The highest BCUT2D eigenvalue weighted by Gasteiger charge is 2.18. The van der Waals surface area contributed by atoms with Crippen LogP contribution in [-0.2, 0) is 6.42 Å². The first kappa shape index (κ1) is 19.1. The van der Waals surface area contributed by atoms with Gasteiger partial charge in [-0.3, -0.25) is 4.99 Å². The Bertz CT molecular complexity index is 471.